The fraction of sp³-hybridized carbons (Fsp3) is 0.538. The fourth-order valence-electron chi connectivity index (χ4n) is 4.97. The van der Waals surface area contributed by atoms with Gasteiger partial charge in [0, 0.05) is 32.4 Å². The van der Waals surface area contributed by atoms with Crippen LogP contribution in [0, 0.1) is 6.92 Å². The normalized spacial score (nSPS) is 23.2. The molecule has 0 bridgehead atoms. The number of aromatic nitrogens is 1. The molecule has 1 aromatic carbocycles. The van der Waals surface area contributed by atoms with Crippen molar-refractivity contribution in [2.45, 2.75) is 57.7 Å². The Morgan fingerprint density at radius 3 is 2.75 bits per heavy atom. The second kappa shape index (κ2) is 10.9. The van der Waals surface area contributed by atoms with Crippen LogP contribution >= 0.6 is 0 Å². The molecule has 2 aliphatic heterocycles. The number of carbonyl (C=O) groups excluding carboxylic acids is 1. The number of carbonyl (C=O) groups is 1. The highest BCUT2D eigenvalue weighted by Gasteiger charge is 2.35. The quantitative estimate of drug-likeness (QED) is 0.724. The molecule has 3 heterocycles. The number of hydrogen-bond acceptors (Lipinski definition) is 5. The zero-order valence-corrected chi connectivity index (χ0v) is 19.3. The molecular weight excluding hydrogens is 402 g/mol. The summed E-state index contributed by atoms with van der Waals surface area (Å²) in [5.41, 5.74) is 2.78. The molecule has 32 heavy (non-hydrogen) atoms. The average molecular weight is 438 g/mol. The zero-order chi connectivity index (χ0) is 22.3. The first-order chi connectivity index (χ1) is 15.7. The van der Waals surface area contributed by atoms with Gasteiger partial charge in [0.2, 0.25) is 0 Å². The van der Waals surface area contributed by atoms with Crippen LogP contribution in [0.25, 0.3) is 0 Å². The lowest BCUT2D eigenvalue weighted by Crippen LogP contribution is -2.51. The number of ether oxygens (including phenoxy) is 2. The minimum Gasteiger partial charge on any atom is -0.491 e. The second-order valence-corrected chi connectivity index (χ2v) is 8.87. The SMILES string of the molecule is CO[C@H]1CCCN2C(=O)c3ccccc3OCCN(Cc3cccc(C)n3)CCCC[C@@H]12. The van der Waals surface area contributed by atoms with Gasteiger partial charge in [-0.15, -0.1) is 0 Å². The van der Waals surface area contributed by atoms with E-state index in [1.54, 1.807) is 7.11 Å². The maximum absolute atomic E-state index is 13.5. The van der Waals surface area contributed by atoms with E-state index in [-0.39, 0.29) is 18.1 Å². The van der Waals surface area contributed by atoms with E-state index in [1.807, 2.05) is 42.2 Å². The van der Waals surface area contributed by atoms with Crippen LogP contribution in [0.4, 0.5) is 0 Å². The minimum absolute atomic E-state index is 0.0624. The predicted octanol–water partition coefficient (Wildman–Crippen LogP) is 4.07. The van der Waals surface area contributed by atoms with Crippen LogP contribution in [0.5, 0.6) is 5.75 Å². The topological polar surface area (TPSA) is 54.9 Å². The number of piperidine rings is 1. The van der Waals surface area contributed by atoms with Gasteiger partial charge in [-0.25, -0.2) is 0 Å². The van der Waals surface area contributed by atoms with Gasteiger partial charge in [-0.3, -0.25) is 14.7 Å². The van der Waals surface area contributed by atoms with E-state index in [4.69, 9.17) is 9.47 Å². The third-order valence-electron chi connectivity index (χ3n) is 6.62. The molecule has 0 aliphatic carbocycles. The molecule has 172 valence electrons. The number of rotatable bonds is 3. The Labute approximate surface area is 191 Å². The van der Waals surface area contributed by atoms with E-state index in [2.05, 4.69) is 22.0 Å². The Hall–Kier alpha value is -2.44. The first-order valence-electron chi connectivity index (χ1n) is 11.9. The summed E-state index contributed by atoms with van der Waals surface area (Å²) in [6, 6.07) is 14.0. The molecule has 0 saturated carbocycles. The maximum Gasteiger partial charge on any atom is 0.257 e. The van der Waals surface area contributed by atoms with Gasteiger partial charge in [-0.2, -0.15) is 0 Å². The van der Waals surface area contributed by atoms with E-state index in [1.165, 1.54) is 0 Å². The first-order valence-corrected chi connectivity index (χ1v) is 11.9. The van der Waals surface area contributed by atoms with Crippen molar-refractivity contribution in [3.63, 3.8) is 0 Å². The molecule has 1 fully saturated rings. The molecule has 6 nitrogen and oxygen atoms in total. The summed E-state index contributed by atoms with van der Waals surface area (Å²) < 4.78 is 12.0. The number of hydrogen-bond donors (Lipinski definition) is 0. The molecule has 2 aliphatic rings. The maximum atomic E-state index is 13.5. The highest BCUT2D eigenvalue weighted by molar-refractivity contribution is 5.97. The Morgan fingerprint density at radius 2 is 1.91 bits per heavy atom. The lowest BCUT2D eigenvalue weighted by Gasteiger charge is -2.41. The van der Waals surface area contributed by atoms with E-state index < -0.39 is 0 Å². The van der Waals surface area contributed by atoms with E-state index >= 15 is 0 Å². The number of aryl methyl sites for hydroxylation is 1. The highest BCUT2D eigenvalue weighted by atomic mass is 16.5. The van der Waals surface area contributed by atoms with Crippen molar-refractivity contribution < 1.29 is 14.3 Å². The standard InChI is InChI=1S/C26H35N3O3/c1-20-9-7-10-21(27-20)19-28-15-6-5-12-23-25(31-2)14-8-16-29(23)26(30)22-11-3-4-13-24(22)32-18-17-28/h3-4,7,9-11,13,23,25H,5-6,8,12,14-19H2,1-2H3/t23-,25-/m0/s1. The lowest BCUT2D eigenvalue weighted by molar-refractivity contribution is -0.0155. The summed E-state index contributed by atoms with van der Waals surface area (Å²) in [4.78, 5) is 22.7. The number of nitrogens with zero attached hydrogens (tertiary/aromatic N) is 3. The lowest BCUT2D eigenvalue weighted by atomic mass is 9.93. The van der Waals surface area contributed by atoms with E-state index in [0.717, 1.165) is 69.7 Å². The molecule has 0 spiro atoms. The van der Waals surface area contributed by atoms with Gasteiger partial charge >= 0.3 is 0 Å². The summed E-state index contributed by atoms with van der Waals surface area (Å²) in [6.45, 7) is 5.94. The third-order valence-corrected chi connectivity index (χ3v) is 6.62. The fourth-order valence-corrected chi connectivity index (χ4v) is 4.97. The smallest absolute Gasteiger partial charge is 0.257 e. The van der Waals surface area contributed by atoms with Gasteiger partial charge in [-0.05, 0) is 63.4 Å². The third kappa shape index (κ3) is 5.48. The molecule has 1 aromatic heterocycles. The average Bonchev–Trinajstić information content (AvgIpc) is 2.82. The summed E-state index contributed by atoms with van der Waals surface area (Å²) >= 11 is 0. The van der Waals surface area contributed by atoms with E-state index in [9.17, 15) is 4.79 Å². The van der Waals surface area contributed by atoms with Crippen LogP contribution in [0.15, 0.2) is 42.5 Å². The molecule has 1 amide bonds. The van der Waals surface area contributed by atoms with Crippen molar-refractivity contribution in [3.05, 3.63) is 59.4 Å². The van der Waals surface area contributed by atoms with Gasteiger partial charge in [0.1, 0.15) is 12.4 Å². The van der Waals surface area contributed by atoms with Crippen molar-refractivity contribution in [1.29, 1.82) is 0 Å². The number of fused-ring (bicyclic) bond motifs is 2. The number of para-hydroxylation sites is 1. The Balaban J connectivity index is 1.56. The van der Waals surface area contributed by atoms with Crippen LogP contribution in [-0.4, -0.2) is 66.2 Å². The van der Waals surface area contributed by atoms with Gasteiger partial charge in [-0.1, -0.05) is 24.6 Å². The van der Waals surface area contributed by atoms with Gasteiger partial charge in [0.05, 0.1) is 23.4 Å². The van der Waals surface area contributed by atoms with Crippen molar-refractivity contribution in [1.82, 2.24) is 14.8 Å². The summed E-state index contributed by atoms with van der Waals surface area (Å²) in [5.74, 6) is 0.732. The summed E-state index contributed by atoms with van der Waals surface area (Å²) in [7, 11) is 1.77. The van der Waals surface area contributed by atoms with Crippen molar-refractivity contribution in [2.75, 3.05) is 33.4 Å². The molecular formula is C26H35N3O3. The van der Waals surface area contributed by atoms with Crippen molar-refractivity contribution in [2.24, 2.45) is 0 Å². The summed E-state index contributed by atoms with van der Waals surface area (Å²) in [6.07, 6.45) is 5.18. The Kier molecular flexibility index (Phi) is 7.76. The van der Waals surface area contributed by atoms with Gasteiger partial charge < -0.3 is 14.4 Å². The Morgan fingerprint density at radius 1 is 1.03 bits per heavy atom. The zero-order valence-electron chi connectivity index (χ0n) is 19.3. The number of methoxy groups -OCH3 is 1. The molecule has 0 unspecified atom stereocenters. The minimum atomic E-state index is 0.0624. The van der Waals surface area contributed by atoms with Crippen molar-refractivity contribution >= 4 is 5.91 Å². The van der Waals surface area contributed by atoms with E-state index in [0.29, 0.717) is 17.9 Å². The number of amides is 1. The predicted molar refractivity (Wildman–Crippen MR) is 125 cm³/mol. The van der Waals surface area contributed by atoms with Crippen LogP contribution in [0.1, 0.15) is 53.8 Å². The molecule has 0 N–H and O–H groups in total. The highest BCUT2D eigenvalue weighted by Crippen LogP contribution is 2.29. The number of benzene rings is 1. The molecule has 4 rings (SSSR count). The van der Waals surface area contributed by atoms with Crippen molar-refractivity contribution in [3.8, 4) is 5.75 Å². The largest absolute Gasteiger partial charge is 0.491 e. The first kappa shape index (κ1) is 22.7. The molecule has 2 aromatic rings. The monoisotopic (exact) mass is 437 g/mol. The second-order valence-electron chi connectivity index (χ2n) is 8.87. The van der Waals surface area contributed by atoms with Crippen LogP contribution in [0.2, 0.25) is 0 Å². The summed E-state index contributed by atoms with van der Waals surface area (Å²) in [5, 5.41) is 0. The number of pyridine rings is 1. The van der Waals surface area contributed by atoms with Crippen LogP contribution in [-0.2, 0) is 11.3 Å². The molecule has 0 radical (unpaired) electrons. The van der Waals surface area contributed by atoms with Crippen LogP contribution in [0.3, 0.4) is 0 Å². The van der Waals surface area contributed by atoms with Gasteiger partial charge in [0.15, 0.2) is 0 Å². The molecule has 6 heteroatoms. The molecule has 1 saturated heterocycles. The molecule has 2 atom stereocenters. The van der Waals surface area contributed by atoms with Gasteiger partial charge in [0.25, 0.3) is 5.91 Å². The Bertz CT molecular complexity index is 903. The van der Waals surface area contributed by atoms with Crippen LogP contribution < -0.4 is 4.74 Å².